The lowest BCUT2D eigenvalue weighted by Gasteiger charge is -2.32. The summed E-state index contributed by atoms with van der Waals surface area (Å²) in [4.78, 5) is 20.2. The molecule has 1 aliphatic rings. The Labute approximate surface area is 206 Å². The number of carbonyl (C=O) groups is 1. The molecule has 176 valence electrons. The highest BCUT2D eigenvalue weighted by atomic mass is 16.5. The van der Waals surface area contributed by atoms with Crippen LogP contribution in [-0.2, 0) is 19.5 Å². The second-order valence-corrected chi connectivity index (χ2v) is 8.89. The average molecular weight is 464 g/mol. The van der Waals surface area contributed by atoms with Crippen LogP contribution in [0.5, 0.6) is 5.75 Å². The van der Waals surface area contributed by atoms with Crippen molar-refractivity contribution in [2.24, 2.45) is 0 Å². The highest BCUT2D eigenvalue weighted by Gasteiger charge is 2.28. The Hall–Kier alpha value is -4.12. The minimum absolute atomic E-state index is 0.0515. The van der Waals surface area contributed by atoms with Crippen LogP contribution in [0.2, 0.25) is 0 Å². The van der Waals surface area contributed by atoms with Crippen LogP contribution >= 0.6 is 0 Å². The van der Waals surface area contributed by atoms with Gasteiger partial charge >= 0.3 is 0 Å². The van der Waals surface area contributed by atoms with E-state index in [1.165, 1.54) is 0 Å². The topological polar surface area (TPSA) is 54.5 Å². The molecule has 0 fully saturated rings. The van der Waals surface area contributed by atoms with Crippen LogP contribution in [0, 0.1) is 6.92 Å². The fourth-order valence-electron chi connectivity index (χ4n) is 4.45. The van der Waals surface area contributed by atoms with Crippen molar-refractivity contribution in [2.45, 2.75) is 32.5 Å². The van der Waals surface area contributed by atoms with Crippen LogP contribution in [0.25, 0.3) is 0 Å². The minimum atomic E-state index is -0.176. The van der Waals surface area contributed by atoms with Crippen LogP contribution in [0.3, 0.4) is 0 Å². The first-order valence-electron chi connectivity index (χ1n) is 12.0. The van der Waals surface area contributed by atoms with E-state index in [1.807, 2.05) is 72.5 Å². The number of ether oxygens (including phenoxy) is 1. The van der Waals surface area contributed by atoms with Gasteiger partial charge in [0.2, 0.25) is 0 Å². The molecule has 0 bridgehead atoms. The number of amides is 1. The molecule has 5 rings (SSSR count). The lowest BCUT2D eigenvalue weighted by atomic mass is 10.0. The first-order valence-corrected chi connectivity index (χ1v) is 12.0. The first kappa shape index (κ1) is 22.7. The number of nitrogens with zero attached hydrogens (tertiary/aromatic N) is 2. The number of anilines is 1. The summed E-state index contributed by atoms with van der Waals surface area (Å²) in [6, 6.07) is 30.1. The molecule has 1 N–H and O–H groups in total. The maximum absolute atomic E-state index is 13.9. The van der Waals surface area contributed by atoms with E-state index < -0.39 is 0 Å². The molecule has 1 aliphatic heterocycles. The number of pyridine rings is 1. The molecule has 0 saturated heterocycles. The van der Waals surface area contributed by atoms with Crippen molar-refractivity contribution in [3.63, 3.8) is 0 Å². The number of nitrogens with one attached hydrogen (secondary N) is 1. The molecular formula is C30H29N3O2. The molecule has 1 atom stereocenters. The number of aryl methyl sites for hydroxylation is 1. The molecule has 0 unspecified atom stereocenters. The van der Waals surface area contributed by atoms with Gasteiger partial charge in [0.05, 0.1) is 11.6 Å². The number of para-hydroxylation sites is 2. The highest BCUT2D eigenvalue weighted by molar-refractivity contribution is 5.94. The molecular weight excluding hydrogens is 434 g/mol. The van der Waals surface area contributed by atoms with Gasteiger partial charge in [-0.2, -0.15) is 0 Å². The van der Waals surface area contributed by atoms with E-state index in [4.69, 9.17) is 4.74 Å². The Morgan fingerprint density at radius 2 is 1.69 bits per heavy atom. The van der Waals surface area contributed by atoms with Gasteiger partial charge in [-0.05, 0) is 48.7 Å². The third-order valence-corrected chi connectivity index (χ3v) is 6.41. The van der Waals surface area contributed by atoms with Gasteiger partial charge in [0.25, 0.3) is 5.91 Å². The van der Waals surface area contributed by atoms with Crippen LogP contribution in [0.15, 0.2) is 97.2 Å². The van der Waals surface area contributed by atoms with Gasteiger partial charge in [-0.15, -0.1) is 0 Å². The van der Waals surface area contributed by atoms with Gasteiger partial charge in [0.15, 0.2) is 0 Å². The minimum Gasteiger partial charge on any atom is -0.491 e. The molecule has 0 saturated carbocycles. The van der Waals surface area contributed by atoms with Crippen molar-refractivity contribution in [2.75, 3.05) is 11.9 Å². The Balaban J connectivity index is 1.58. The van der Waals surface area contributed by atoms with E-state index in [0.717, 1.165) is 33.8 Å². The van der Waals surface area contributed by atoms with Crippen LogP contribution in [-0.4, -0.2) is 28.4 Å². The summed E-state index contributed by atoms with van der Waals surface area (Å²) in [6.07, 6.45) is 2.35. The maximum Gasteiger partial charge on any atom is 0.256 e. The number of fused-ring (bicyclic) bond motifs is 2. The zero-order valence-corrected chi connectivity index (χ0v) is 19.9. The molecule has 4 aromatic rings. The number of hydrogen-bond donors (Lipinski definition) is 1. The zero-order chi connectivity index (χ0) is 24.0. The van der Waals surface area contributed by atoms with Gasteiger partial charge in [-0.3, -0.25) is 9.78 Å². The van der Waals surface area contributed by atoms with Gasteiger partial charge in [0, 0.05) is 36.2 Å². The molecule has 0 aliphatic carbocycles. The van der Waals surface area contributed by atoms with E-state index in [0.29, 0.717) is 31.7 Å². The number of hydrogen-bond acceptors (Lipinski definition) is 4. The maximum atomic E-state index is 13.9. The largest absolute Gasteiger partial charge is 0.491 e. The molecule has 35 heavy (non-hydrogen) atoms. The average Bonchev–Trinajstić information content (AvgIpc) is 2.92. The quantitative estimate of drug-likeness (QED) is 0.427. The third kappa shape index (κ3) is 5.35. The SMILES string of the molecule is Cc1ccc(C(=O)N2Cc3ccccc3NCc3ccccc3OC[C@@H]2Cc2ccccc2)cn1. The van der Waals surface area contributed by atoms with E-state index in [2.05, 4.69) is 40.6 Å². The van der Waals surface area contributed by atoms with Gasteiger partial charge in [-0.1, -0.05) is 66.7 Å². The summed E-state index contributed by atoms with van der Waals surface area (Å²) in [5.41, 5.74) is 5.79. The fraction of sp³-hybridized carbons (Fsp3) is 0.200. The van der Waals surface area contributed by atoms with Crippen molar-refractivity contribution in [3.8, 4) is 5.75 Å². The van der Waals surface area contributed by atoms with Crippen LogP contribution < -0.4 is 10.1 Å². The lowest BCUT2D eigenvalue weighted by molar-refractivity contribution is 0.0591. The Morgan fingerprint density at radius 1 is 0.943 bits per heavy atom. The Bertz CT molecular complexity index is 1290. The normalized spacial score (nSPS) is 15.6. The standard InChI is InChI=1S/C30H29N3O2/c1-22-15-16-25(19-31-22)30(34)33-20-26-12-5-7-13-28(26)32-18-24-11-6-8-14-29(24)35-21-27(33)17-23-9-3-2-4-10-23/h2-16,19,27,32H,17-18,20-21H2,1H3/t27-/m0/s1. The second kappa shape index (κ2) is 10.4. The van der Waals surface area contributed by atoms with E-state index >= 15 is 0 Å². The Morgan fingerprint density at radius 3 is 2.49 bits per heavy atom. The molecule has 2 heterocycles. The number of aromatic nitrogens is 1. The summed E-state index contributed by atoms with van der Waals surface area (Å²) in [7, 11) is 0. The molecule has 0 radical (unpaired) electrons. The van der Waals surface area contributed by atoms with Crippen molar-refractivity contribution < 1.29 is 9.53 Å². The second-order valence-electron chi connectivity index (χ2n) is 8.89. The van der Waals surface area contributed by atoms with Gasteiger partial charge in [-0.25, -0.2) is 0 Å². The van der Waals surface area contributed by atoms with Crippen LogP contribution in [0.1, 0.15) is 32.7 Å². The molecule has 0 spiro atoms. The summed E-state index contributed by atoms with van der Waals surface area (Å²) in [5, 5.41) is 3.56. The van der Waals surface area contributed by atoms with Gasteiger partial charge in [0.1, 0.15) is 12.4 Å². The van der Waals surface area contributed by atoms with Crippen molar-refractivity contribution in [3.05, 3.63) is 125 Å². The highest BCUT2D eigenvalue weighted by Crippen LogP contribution is 2.27. The molecule has 5 nitrogen and oxygen atoms in total. The fourth-order valence-corrected chi connectivity index (χ4v) is 4.45. The third-order valence-electron chi connectivity index (χ3n) is 6.41. The molecule has 3 aromatic carbocycles. The summed E-state index contributed by atoms with van der Waals surface area (Å²) >= 11 is 0. The van der Waals surface area contributed by atoms with Crippen molar-refractivity contribution in [1.29, 1.82) is 0 Å². The number of carbonyl (C=O) groups excluding carboxylic acids is 1. The zero-order valence-electron chi connectivity index (χ0n) is 19.9. The molecule has 1 amide bonds. The first-order chi connectivity index (χ1) is 17.2. The monoisotopic (exact) mass is 463 g/mol. The summed E-state index contributed by atoms with van der Waals surface area (Å²) in [6.45, 7) is 3.42. The predicted octanol–water partition coefficient (Wildman–Crippen LogP) is 5.65. The lowest BCUT2D eigenvalue weighted by Crippen LogP contribution is -2.44. The number of benzene rings is 3. The van der Waals surface area contributed by atoms with Gasteiger partial charge < -0.3 is 15.0 Å². The van der Waals surface area contributed by atoms with Crippen molar-refractivity contribution in [1.82, 2.24) is 9.88 Å². The molecule has 1 aromatic heterocycles. The van der Waals surface area contributed by atoms with Crippen molar-refractivity contribution >= 4 is 11.6 Å². The van der Waals surface area contributed by atoms with E-state index in [-0.39, 0.29) is 11.9 Å². The van der Waals surface area contributed by atoms with Crippen LogP contribution in [0.4, 0.5) is 5.69 Å². The van der Waals surface area contributed by atoms with E-state index in [9.17, 15) is 4.79 Å². The predicted molar refractivity (Wildman–Crippen MR) is 138 cm³/mol. The van der Waals surface area contributed by atoms with E-state index in [1.54, 1.807) is 6.20 Å². The molecule has 5 heteroatoms. The summed E-state index contributed by atoms with van der Waals surface area (Å²) in [5.74, 6) is 0.784. The smallest absolute Gasteiger partial charge is 0.256 e. The Kier molecular flexibility index (Phi) is 6.75. The number of rotatable bonds is 3. The summed E-state index contributed by atoms with van der Waals surface area (Å²) < 4.78 is 6.39.